The van der Waals surface area contributed by atoms with Crippen molar-refractivity contribution in [3.63, 3.8) is 0 Å². The van der Waals surface area contributed by atoms with E-state index < -0.39 is 26.1 Å². The van der Waals surface area contributed by atoms with Crippen LogP contribution in [0.2, 0.25) is 5.04 Å². The van der Waals surface area contributed by atoms with Crippen LogP contribution >= 0.6 is 0 Å². The molecule has 5 heteroatoms. The maximum absolute atomic E-state index is 14.3. The minimum atomic E-state index is -3.08. The second kappa shape index (κ2) is 12.1. The number of allylic oxidation sites excluding steroid dienone is 2. The number of carbonyl (C=O) groups excluding carboxylic acids is 1. The van der Waals surface area contributed by atoms with Crippen molar-refractivity contribution in [3.05, 3.63) is 157 Å². The Balaban J connectivity index is 1.75. The average molecular weight is 588 g/mol. The Labute approximate surface area is 257 Å². The van der Waals surface area contributed by atoms with E-state index in [1.54, 1.807) is 11.0 Å². The van der Waals surface area contributed by atoms with Crippen molar-refractivity contribution >= 4 is 24.8 Å². The van der Waals surface area contributed by atoms with Crippen LogP contribution < -0.4 is 10.4 Å². The van der Waals surface area contributed by atoms with Crippen molar-refractivity contribution in [1.82, 2.24) is 4.90 Å². The SMILES string of the molecule is C=C/C=C(\O[Si](c1ccccc1)(c1ccccc1)C(C)(C)C)N1C(=O)OC(c2ccccc2)(c2ccccc2)[C@@H]1C(C)C. The van der Waals surface area contributed by atoms with Crippen LogP contribution in [0, 0.1) is 5.92 Å². The van der Waals surface area contributed by atoms with E-state index in [4.69, 9.17) is 9.16 Å². The number of benzene rings is 4. The molecular weight excluding hydrogens is 547 g/mol. The van der Waals surface area contributed by atoms with Gasteiger partial charge in [-0.1, -0.05) is 169 Å². The zero-order chi connectivity index (χ0) is 30.7. The van der Waals surface area contributed by atoms with Crippen molar-refractivity contribution < 1.29 is 14.0 Å². The maximum atomic E-state index is 14.3. The molecule has 0 N–H and O–H groups in total. The molecule has 1 saturated heterocycles. The normalized spacial score (nSPS) is 17.1. The molecule has 4 aromatic carbocycles. The number of rotatable bonds is 9. The smallest absolute Gasteiger partial charge is 0.418 e. The maximum Gasteiger partial charge on any atom is 0.418 e. The van der Waals surface area contributed by atoms with Gasteiger partial charge >= 0.3 is 14.4 Å². The summed E-state index contributed by atoms with van der Waals surface area (Å²) in [4.78, 5) is 16.1. The molecule has 4 aromatic rings. The predicted octanol–water partition coefficient (Wildman–Crippen LogP) is 8.01. The number of hydrogen-bond acceptors (Lipinski definition) is 3. The Morgan fingerprint density at radius 2 is 1.23 bits per heavy atom. The summed E-state index contributed by atoms with van der Waals surface area (Å²) >= 11 is 0. The van der Waals surface area contributed by atoms with Crippen LogP contribution in [-0.2, 0) is 14.8 Å². The third-order valence-electron chi connectivity index (χ3n) is 8.35. The van der Waals surface area contributed by atoms with Gasteiger partial charge in [-0.15, -0.1) is 0 Å². The van der Waals surface area contributed by atoms with Gasteiger partial charge in [0.1, 0.15) is 0 Å². The molecule has 43 heavy (non-hydrogen) atoms. The van der Waals surface area contributed by atoms with Gasteiger partial charge in [0.25, 0.3) is 0 Å². The summed E-state index contributed by atoms with van der Waals surface area (Å²) in [6.07, 6.45) is 3.07. The van der Waals surface area contributed by atoms with Gasteiger partial charge in [-0.05, 0) is 27.4 Å². The van der Waals surface area contributed by atoms with E-state index >= 15 is 0 Å². The van der Waals surface area contributed by atoms with Gasteiger partial charge in [0.15, 0.2) is 11.5 Å². The van der Waals surface area contributed by atoms with E-state index in [1.165, 1.54) is 0 Å². The highest BCUT2D eigenvalue weighted by atomic mass is 28.4. The Hall–Kier alpha value is -4.35. The molecule has 0 spiro atoms. The van der Waals surface area contributed by atoms with Crippen molar-refractivity contribution in [2.45, 2.75) is 51.3 Å². The van der Waals surface area contributed by atoms with E-state index in [0.29, 0.717) is 5.88 Å². The van der Waals surface area contributed by atoms with Crippen LogP contribution in [-0.4, -0.2) is 25.4 Å². The predicted molar refractivity (Wildman–Crippen MR) is 178 cm³/mol. The fourth-order valence-electron chi connectivity index (χ4n) is 6.61. The van der Waals surface area contributed by atoms with Gasteiger partial charge in [0.05, 0.1) is 6.04 Å². The summed E-state index contributed by atoms with van der Waals surface area (Å²) in [6, 6.07) is 40.6. The lowest BCUT2D eigenvalue weighted by atomic mass is 9.76. The van der Waals surface area contributed by atoms with Crippen molar-refractivity contribution in [2.75, 3.05) is 0 Å². The fraction of sp³-hybridized carbons (Fsp3) is 0.237. The van der Waals surface area contributed by atoms with Crippen LogP contribution in [0.4, 0.5) is 4.79 Å². The van der Waals surface area contributed by atoms with E-state index in [-0.39, 0.29) is 11.0 Å². The third kappa shape index (κ3) is 5.23. The molecule has 0 aliphatic carbocycles. The number of carbonyl (C=O) groups is 1. The quantitative estimate of drug-likeness (QED) is 0.113. The van der Waals surface area contributed by atoms with E-state index in [1.807, 2.05) is 78.9 Å². The molecule has 0 aromatic heterocycles. The summed E-state index contributed by atoms with van der Waals surface area (Å²) in [5.74, 6) is 0.449. The lowest BCUT2D eigenvalue weighted by molar-refractivity contribution is 0.0542. The third-order valence-corrected chi connectivity index (χ3v) is 13.3. The van der Waals surface area contributed by atoms with Crippen molar-refractivity contribution in [2.24, 2.45) is 5.92 Å². The van der Waals surface area contributed by atoms with E-state index in [0.717, 1.165) is 21.5 Å². The van der Waals surface area contributed by atoms with Crippen LogP contribution in [0.25, 0.3) is 0 Å². The highest BCUT2D eigenvalue weighted by Gasteiger charge is 2.60. The summed E-state index contributed by atoms with van der Waals surface area (Å²) in [5, 5.41) is 1.94. The number of hydrogen-bond donors (Lipinski definition) is 0. The molecule has 1 atom stereocenters. The zero-order valence-electron chi connectivity index (χ0n) is 25.7. The molecule has 0 radical (unpaired) electrons. The van der Waals surface area contributed by atoms with Crippen LogP contribution in [0.1, 0.15) is 45.7 Å². The number of cyclic esters (lactones) is 1. The second-order valence-corrected chi connectivity index (χ2v) is 16.6. The first-order chi connectivity index (χ1) is 20.7. The molecule has 4 nitrogen and oxygen atoms in total. The largest absolute Gasteiger partial charge is 0.522 e. The molecule has 1 heterocycles. The summed E-state index contributed by atoms with van der Waals surface area (Å²) < 4.78 is 14.1. The molecule has 1 aliphatic rings. The molecular formula is C38H41NO3Si. The van der Waals surface area contributed by atoms with Crippen LogP contribution in [0.15, 0.2) is 146 Å². The molecule has 1 amide bonds. The molecule has 1 aliphatic heterocycles. The fourth-order valence-corrected chi connectivity index (χ4v) is 11.0. The Morgan fingerprint density at radius 3 is 1.60 bits per heavy atom. The van der Waals surface area contributed by atoms with Gasteiger partial charge in [-0.25, -0.2) is 9.69 Å². The Morgan fingerprint density at radius 1 is 0.814 bits per heavy atom. The topological polar surface area (TPSA) is 38.8 Å². The van der Waals surface area contributed by atoms with Gasteiger partial charge < -0.3 is 9.16 Å². The number of amides is 1. The van der Waals surface area contributed by atoms with Crippen LogP contribution in [0.5, 0.6) is 0 Å². The van der Waals surface area contributed by atoms with Gasteiger partial charge in [-0.2, -0.15) is 0 Å². The van der Waals surface area contributed by atoms with E-state index in [9.17, 15) is 4.79 Å². The molecule has 5 rings (SSSR count). The van der Waals surface area contributed by atoms with Gasteiger partial charge in [-0.3, -0.25) is 0 Å². The standard InChI is InChI=1S/C38H41NO3Si/c1-7-20-34(42-43(37(4,5)6,32-25-16-10-17-26-32)33-27-18-11-19-28-33)39-35(29(2)3)38(41-36(39)40,30-21-12-8-13-22-30)31-23-14-9-15-24-31/h7-29,35H,1H2,2-6H3/b34-20-/t35-/m0/s1. The van der Waals surface area contributed by atoms with Gasteiger partial charge in [0, 0.05) is 11.1 Å². The summed E-state index contributed by atoms with van der Waals surface area (Å²) in [6.45, 7) is 15.0. The first-order valence-corrected chi connectivity index (χ1v) is 16.8. The number of ether oxygens (including phenoxy) is 1. The van der Waals surface area contributed by atoms with Crippen molar-refractivity contribution in [1.29, 1.82) is 0 Å². The highest BCUT2D eigenvalue weighted by molar-refractivity contribution is 6.99. The first kappa shape index (κ1) is 30.1. The minimum Gasteiger partial charge on any atom is -0.522 e. The Kier molecular flexibility index (Phi) is 8.47. The van der Waals surface area contributed by atoms with Crippen LogP contribution in [0.3, 0.4) is 0 Å². The second-order valence-electron chi connectivity index (χ2n) is 12.4. The van der Waals surface area contributed by atoms with Crippen molar-refractivity contribution in [3.8, 4) is 0 Å². The lowest BCUT2D eigenvalue weighted by Gasteiger charge is -2.45. The van der Waals surface area contributed by atoms with E-state index in [2.05, 4.69) is 89.7 Å². The molecule has 0 saturated carbocycles. The number of nitrogens with zero attached hydrogens (tertiary/aromatic N) is 1. The molecule has 1 fully saturated rings. The minimum absolute atomic E-state index is 0.00262. The van der Waals surface area contributed by atoms with Gasteiger partial charge in [0.2, 0.25) is 0 Å². The highest BCUT2D eigenvalue weighted by Crippen LogP contribution is 2.49. The first-order valence-electron chi connectivity index (χ1n) is 14.9. The summed E-state index contributed by atoms with van der Waals surface area (Å²) in [5.41, 5.74) is 0.779. The zero-order valence-corrected chi connectivity index (χ0v) is 26.7. The average Bonchev–Trinajstić information content (AvgIpc) is 3.34. The monoisotopic (exact) mass is 587 g/mol. The molecule has 220 valence electrons. The lowest BCUT2D eigenvalue weighted by Crippen LogP contribution is -2.67. The molecule has 0 bridgehead atoms. The Bertz CT molecular complexity index is 1480. The summed E-state index contributed by atoms with van der Waals surface area (Å²) in [7, 11) is -3.08. The molecule has 0 unspecified atom stereocenters.